The van der Waals surface area contributed by atoms with Gasteiger partial charge in [-0.15, -0.1) is 0 Å². The first-order valence-corrected chi connectivity index (χ1v) is 6.25. The molecule has 0 aliphatic heterocycles. The summed E-state index contributed by atoms with van der Waals surface area (Å²) in [6.07, 6.45) is 2.44. The second-order valence-electron chi connectivity index (χ2n) is 4.87. The lowest BCUT2D eigenvalue weighted by Gasteiger charge is -2.19. The van der Waals surface area contributed by atoms with Crippen molar-refractivity contribution in [2.75, 3.05) is 40.0 Å². The number of carbonyl (C=O) groups is 1. The van der Waals surface area contributed by atoms with Gasteiger partial charge in [0.1, 0.15) is 0 Å². The van der Waals surface area contributed by atoms with Crippen molar-refractivity contribution in [2.45, 2.75) is 13.0 Å². The van der Waals surface area contributed by atoms with Crippen molar-refractivity contribution >= 4 is 11.6 Å². The summed E-state index contributed by atoms with van der Waals surface area (Å²) >= 11 is 0. The van der Waals surface area contributed by atoms with Crippen molar-refractivity contribution in [3.05, 3.63) is 28.7 Å². The van der Waals surface area contributed by atoms with E-state index in [-0.39, 0.29) is 11.5 Å². The second-order valence-corrected chi connectivity index (χ2v) is 4.87. The zero-order valence-electron chi connectivity index (χ0n) is 11.8. The molecular formula is C13H22N4O2. The maximum absolute atomic E-state index is 11.5. The molecule has 0 atom stereocenters. The predicted octanol–water partition coefficient (Wildman–Crippen LogP) is -0.159. The molecule has 1 aromatic heterocycles. The van der Waals surface area contributed by atoms with E-state index in [0.29, 0.717) is 18.8 Å². The molecule has 0 unspecified atom stereocenters. The first kappa shape index (κ1) is 15.2. The van der Waals surface area contributed by atoms with Crippen molar-refractivity contribution in [2.24, 2.45) is 0 Å². The van der Waals surface area contributed by atoms with Crippen LogP contribution in [0.2, 0.25) is 0 Å². The third-order valence-corrected chi connectivity index (χ3v) is 2.85. The Morgan fingerprint density at radius 2 is 2.00 bits per heavy atom. The Labute approximate surface area is 113 Å². The van der Waals surface area contributed by atoms with Crippen LogP contribution in [0, 0.1) is 0 Å². The Morgan fingerprint density at radius 3 is 2.63 bits per heavy atom. The van der Waals surface area contributed by atoms with Crippen LogP contribution in [0.25, 0.3) is 0 Å². The minimum Gasteiger partial charge on any atom is -0.398 e. The van der Waals surface area contributed by atoms with Gasteiger partial charge in [-0.1, -0.05) is 0 Å². The molecule has 0 fully saturated rings. The first-order chi connectivity index (χ1) is 8.90. The van der Waals surface area contributed by atoms with Crippen LogP contribution < -0.4 is 11.3 Å². The standard InChI is InChI=1S/C13H22N4O2/c1-15(2)13(19)10-16(3)7-4-8-17-9-11(14)5-6-12(17)18/h5-6,9H,4,7-8,10,14H2,1-3H3. The van der Waals surface area contributed by atoms with E-state index in [0.717, 1.165) is 13.0 Å². The molecule has 0 bridgehead atoms. The van der Waals surface area contributed by atoms with Gasteiger partial charge in [0.2, 0.25) is 5.91 Å². The summed E-state index contributed by atoms with van der Waals surface area (Å²) in [5, 5.41) is 0. The molecule has 0 aliphatic rings. The van der Waals surface area contributed by atoms with Crippen LogP contribution >= 0.6 is 0 Å². The van der Waals surface area contributed by atoms with Crippen LogP contribution in [0.4, 0.5) is 5.69 Å². The lowest BCUT2D eigenvalue weighted by molar-refractivity contribution is -0.129. The molecule has 0 saturated heterocycles. The minimum absolute atomic E-state index is 0.0544. The first-order valence-electron chi connectivity index (χ1n) is 6.25. The number of nitrogens with two attached hydrogens (primary N) is 1. The Balaban J connectivity index is 2.40. The van der Waals surface area contributed by atoms with Gasteiger partial charge in [-0.2, -0.15) is 0 Å². The number of likely N-dealkylation sites (N-methyl/N-ethyl adjacent to an activating group) is 2. The number of aryl methyl sites for hydroxylation is 1. The van der Waals surface area contributed by atoms with E-state index in [1.54, 1.807) is 35.8 Å². The number of rotatable bonds is 6. The topological polar surface area (TPSA) is 71.6 Å². The zero-order chi connectivity index (χ0) is 14.4. The number of hydrogen-bond acceptors (Lipinski definition) is 4. The molecule has 0 aromatic carbocycles. The van der Waals surface area contributed by atoms with Crippen LogP contribution in [0.3, 0.4) is 0 Å². The van der Waals surface area contributed by atoms with Gasteiger partial charge in [-0.3, -0.25) is 14.5 Å². The van der Waals surface area contributed by atoms with Crippen LogP contribution in [0.1, 0.15) is 6.42 Å². The molecule has 19 heavy (non-hydrogen) atoms. The Bertz CT molecular complexity index is 482. The highest BCUT2D eigenvalue weighted by atomic mass is 16.2. The van der Waals surface area contributed by atoms with Crippen molar-refractivity contribution < 1.29 is 4.79 Å². The van der Waals surface area contributed by atoms with Crippen molar-refractivity contribution in [1.29, 1.82) is 0 Å². The van der Waals surface area contributed by atoms with Crippen molar-refractivity contribution in [3.63, 3.8) is 0 Å². The monoisotopic (exact) mass is 266 g/mol. The third kappa shape index (κ3) is 5.13. The Hall–Kier alpha value is -1.82. The molecule has 0 radical (unpaired) electrons. The van der Waals surface area contributed by atoms with Crippen LogP contribution in [-0.4, -0.2) is 54.5 Å². The van der Waals surface area contributed by atoms with E-state index in [9.17, 15) is 9.59 Å². The predicted molar refractivity (Wildman–Crippen MR) is 75.9 cm³/mol. The summed E-state index contributed by atoms with van der Waals surface area (Å²) < 4.78 is 1.59. The van der Waals surface area contributed by atoms with Crippen LogP contribution in [0.5, 0.6) is 0 Å². The van der Waals surface area contributed by atoms with E-state index in [2.05, 4.69) is 0 Å². The number of anilines is 1. The fraction of sp³-hybridized carbons (Fsp3) is 0.538. The van der Waals surface area contributed by atoms with Crippen molar-refractivity contribution in [3.8, 4) is 0 Å². The second kappa shape index (κ2) is 6.94. The molecular weight excluding hydrogens is 244 g/mol. The molecule has 1 aromatic rings. The maximum Gasteiger partial charge on any atom is 0.250 e. The van der Waals surface area contributed by atoms with Gasteiger partial charge in [-0.05, 0) is 19.5 Å². The highest BCUT2D eigenvalue weighted by molar-refractivity contribution is 5.77. The summed E-state index contributed by atoms with van der Waals surface area (Å²) in [4.78, 5) is 26.6. The third-order valence-electron chi connectivity index (χ3n) is 2.85. The average molecular weight is 266 g/mol. The van der Waals surface area contributed by atoms with Gasteiger partial charge in [0, 0.05) is 45.1 Å². The van der Waals surface area contributed by atoms with E-state index >= 15 is 0 Å². The van der Waals surface area contributed by atoms with Crippen LogP contribution in [0.15, 0.2) is 23.1 Å². The normalized spacial score (nSPS) is 10.7. The number of amides is 1. The summed E-state index contributed by atoms with van der Waals surface area (Å²) in [7, 11) is 5.37. The Morgan fingerprint density at radius 1 is 1.32 bits per heavy atom. The van der Waals surface area contributed by atoms with E-state index in [4.69, 9.17) is 5.73 Å². The number of pyridine rings is 1. The zero-order valence-corrected chi connectivity index (χ0v) is 11.8. The summed E-state index contributed by atoms with van der Waals surface area (Å²) in [6.45, 7) is 1.74. The summed E-state index contributed by atoms with van der Waals surface area (Å²) in [5.74, 6) is 0.0728. The number of carbonyl (C=O) groups excluding carboxylic acids is 1. The molecule has 1 amide bonds. The molecule has 1 heterocycles. The molecule has 1 rings (SSSR count). The van der Waals surface area contributed by atoms with Crippen molar-refractivity contribution in [1.82, 2.24) is 14.4 Å². The van der Waals surface area contributed by atoms with Gasteiger partial charge in [0.15, 0.2) is 0 Å². The minimum atomic E-state index is -0.0544. The lowest BCUT2D eigenvalue weighted by atomic mass is 10.3. The molecule has 0 spiro atoms. The van der Waals surface area contributed by atoms with Gasteiger partial charge in [0.25, 0.3) is 5.56 Å². The largest absolute Gasteiger partial charge is 0.398 e. The summed E-state index contributed by atoms with van der Waals surface area (Å²) in [5.41, 5.74) is 6.16. The number of aromatic nitrogens is 1. The molecule has 106 valence electrons. The van der Waals surface area contributed by atoms with Gasteiger partial charge in [-0.25, -0.2) is 0 Å². The quantitative estimate of drug-likeness (QED) is 0.776. The smallest absolute Gasteiger partial charge is 0.250 e. The highest BCUT2D eigenvalue weighted by Gasteiger charge is 2.07. The van der Waals surface area contributed by atoms with E-state index < -0.39 is 0 Å². The molecule has 2 N–H and O–H groups in total. The molecule has 6 nitrogen and oxygen atoms in total. The SMILES string of the molecule is CN(CCCn1cc(N)ccc1=O)CC(=O)N(C)C. The number of hydrogen-bond donors (Lipinski definition) is 1. The Kier molecular flexibility index (Phi) is 5.57. The van der Waals surface area contributed by atoms with E-state index in [1.165, 1.54) is 6.07 Å². The van der Waals surface area contributed by atoms with Gasteiger partial charge >= 0.3 is 0 Å². The number of nitrogen functional groups attached to an aromatic ring is 1. The summed E-state index contributed by atoms with van der Waals surface area (Å²) in [6, 6.07) is 3.06. The molecule has 6 heteroatoms. The average Bonchev–Trinajstić information content (AvgIpc) is 2.33. The fourth-order valence-electron chi connectivity index (χ4n) is 1.69. The highest BCUT2D eigenvalue weighted by Crippen LogP contribution is 1.98. The molecule has 0 aliphatic carbocycles. The van der Waals surface area contributed by atoms with Gasteiger partial charge in [0.05, 0.1) is 6.54 Å². The van der Waals surface area contributed by atoms with Gasteiger partial charge < -0.3 is 15.2 Å². The number of nitrogens with zero attached hydrogens (tertiary/aromatic N) is 3. The lowest BCUT2D eigenvalue weighted by Crippen LogP contribution is -2.35. The molecule has 0 saturated carbocycles. The van der Waals surface area contributed by atoms with E-state index in [1.807, 2.05) is 11.9 Å². The van der Waals surface area contributed by atoms with Crippen LogP contribution in [-0.2, 0) is 11.3 Å². The maximum atomic E-state index is 11.5. The fourth-order valence-corrected chi connectivity index (χ4v) is 1.69.